The van der Waals surface area contributed by atoms with E-state index < -0.39 is 0 Å². The predicted molar refractivity (Wildman–Crippen MR) is 125 cm³/mol. The maximum absolute atomic E-state index is 12.9. The fourth-order valence-corrected chi connectivity index (χ4v) is 4.57. The number of hydrogen-bond acceptors (Lipinski definition) is 4. The van der Waals surface area contributed by atoms with Crippen LogP contribution in [0, 0.1) is 0 Å². The minimum atomic E-state index is -0.105. The van der Waals surface area contributed by atoms with E-state index in [1.54, 1.807) is 11.1 Å². The van der Waals surface area contributed by atoms with Gasteiger partial charge in [-0.05, 0) is 40.5 Å². The number of amides is 1. The smallest absolute Gasteiger partial charge is 0.242 e. The largest absolute Gasteiger partial charge is 0.284 e. The average Bonchev–Trinajstić information content (AvgIpc) is 3.04. The Kier molecular flexibility index (Phi) is 6.11. The lowest BCUT2D eigenvalue weighted by Crippen LogP contribution is -2.31. The van der Waals surface area contributed by atoms with Crippen LogP contribution in [-0.2, 0) is 11.3 Å². The third-order valence-corrected chi connectivity index (χ3v) is 6.68. The topological polar surface area (TPSA) is 45.0 Å². The standard InChI is InChI=1S/C23H20BrN3OS/c1-2-21-22(28)27(15-18-8-5-7-17-6-3-4-9-20(17)18)23(29-21)26-25-14-16-10-12-19(24)13-11-16/h3-14,21H,2,15H2,1H3/b25-14+,26-23+. The van der Waals surface area contributed by atoms with Gasteiger partial charge in [-0.1, -0.05) is 89.2 Å². The van der Waals surface area contributed by atoms with Crippen molar-refractivity contribution < 1.29 is 4.79 Å². The molecule has 6 heteroatoms. The van der Waals surface area contributed by atoms with Gasteiger partial charge in [-0.3, -0.25) is 9.69 Å². The summed E-state index contributed by atoms with van der Waals surface area (Å²) < 4.78 is 1.02. The van der Waals surface area contributed by atoms with Gasteiger partial charge in [0.1, 0.15) is 0 Å². The highest BCUT2D eigenvalue weighted by Gasteiger charge is 2.37. The lowest BCUT2D eigenvalue weighted by atomic mass is 10.0. The monoisotopic (exact) mass is 465 g/mol. The molecule has 1 heterocycles. The van der Waals surface area contributed by atoms with E-state index in [9.17, 15) is 4.79 Å². The summed E-state index contributed by atoms with van der Waals surface area (Å²) in [5.74, 6) is 0.100. The number of thioether (sulfide) groups is 1. The Morgan fingerprint density at radius 2 is 1.83 bits per heavy atom. The third-order valence-electron chi connectivity index (χ3n) is 4.82. The van der Waals surface area contributed by atoms with Crippen LogP contribution in [0.1, 0.15) is 24.5 Å². The first-order valence-electron chi connectivity index (χ1n) is 9.47. The van der Waals surface area contributed by atoms with Crippen LogP contribution in [-0.4, -0.2) is 27.4 Å². The van der Waals surface area contributed by atoms with Crippen molar-refractivity contribution in [1.82, 2.24) is 4.90 Å². The molecule has 0 radical (unpaired) electrons. The van der Waals surface area contributed by atoms with Crippen molar-refractivity contribution in [2.24, 2.45) is 10.2 Å². The van der Waals surface area contributed by atoms with Crippen LogP contribution in [0.25, 0.3) is 10.8 Å². The normalized spacial score (nSPS) is 18.4. The molecule has 0 bridgehead atoms. The van der Waals surface area contributed by atoms with E-state index >= 15 is 0 Å². The Labute approximate surface area is 182 Å². The Morgan fingerprint density at radius 1 is 1.07 bits per heavy atom. The molecule has 4 rings (SSSR count). The number of amidine groups is 1. The molecule has 1 atom stereocenters. The van der Waals surface area contributed by atoms with Crippen LogP contribution >= 0.6 is 27.7 Å². The van der Waals surface area contributed by atoms with Gasteiger partial charge in [0.05, 0.1) is 18.0 Å². The minimum absolute atomic E-state index is 0.100. The summed E-state index contributed by atoms with van der Waals surface area (Å²) in [4.78, 5) is 14.7. The van der Waals surface area contributed by atoms with Crippen molar-refractivity contribution in [2.75, 3.05) is 0 Å². The lowest BCUT2D eigenvalue weighted by Gasteiger charge is -2.17. The van der Waals surface area contributed by atoms with E-state index in [0.29, 0.717) is 11.7 Å². The van der Waals surface area contributed by atoms with Crippen molar-refractivity contribution in [3.05, 3.63) is 82.3 Å². The van der Waals surface area contributed by atoms with Crippen molar-refractivity contribution in [2.45, 2.75) is 25.1 Å². The summed E-state index contributed by atoms with van der Waals surface area (Å²) in [6.45, 7) is 2.52. The zero-order chi connectivity index (χ0) is 20.2. The maximum atomic E-state index is 12.9. The Hall–Kier alpha value is -2.44. The SMILES string of the molecule is CCC1S/C(=N/N=C/c2ccc(Br)cc2)N(Cc2cccc3ccccc23)C1=O. The second kappa shape index (κ2) is 8.93. The molecule has 1 aliphatic heterocycles. The molecule has 0 spiro atoms. The van der Waals surface area contributed by atoms with Crippen molar-refractivity contribution in [3.63, 3.8) is 0 Å². The number of halogens is 1. The van der Waals surface area contributed by atoms with E-state index in [1.165, 1.54) is 17.1 Å². The Balaban J connectivity index is 1.61. The van der Waals surface area contributed by atoms with E-state index in [2.05, 4.69) is 50.4 Å². The van der Waals surface area contributed by atoms with Gasteiger partial charge in [0, 0.05) is 4.47 Å². The number of benzene rings is 3. The number of hydrogen-bond donors (Lipinski definition) is 0. The molecule has 0 aromatic heterocycles. The van der Waals surface area contributed by atoms with Crippen LogP contribution in [0.15, 0.2) is 81.4 Å². The molecule has 1 unspecified atom stereocenters. The number of nitrogens with zero attached hydrogens (tertiary/aromatic N) is 3. The first-order valence-corrected chi connectivity index (χ1v) is 11.1. The highest BCUT2D eigenvalue weighted by molar-refractivity contribution is 9.10. The molecule has 0 N–H and O–H groups in total. The van der Waals surface area contributed by atoms with Crippen LogP contribution < -0.4 is 0 Å². The van der Waals surface area contributed by atoms with Crippen LogP contribution in [0.5, 0.6) is 0 Å². The van der Waals surface area contributed by atoms with Gasteiger partial charge in [-0.2, -0.15) is 5.10 Å². The summed E-state index contributed by atoms with van der Waals surface area (Å²) in [5, 5.41) is 11.5. The zero-order valence-electron chi connectivity index (χ0n) is 16.0. The second-order valence-electron chi connectivity index (χ2n) is 6.76. The first kappa shape index (κ1) is 19.9. The van der Waals surface area contributed by atoms with E-state index in [-0.39, 0.29) is 11.2 Å². The maximum Gasteiger partial charge on any atom is 0.242 e. The fraction of sp³-hybridized carbons (Fsp3) is 0.174. The first-order chi connectivity index (χ1) is 14.2. The average molecular weight is 466 g/mol. The fourth-order valence-electron chi connectivity index (χ4n) is 3.28. The quantitative estimate of drug-likeness (QED) is 0.350. The van der Waals surface area contributed by atoms with E-state index in [0.717, 1.165) is 27.4 Å². The minimum Gasteiger partial charge on any atom is -0.284 e. The van der Waals surface area contributed by atoms with Gasteiger partial charge in [0.2, 0.25) is 5.91 Å². The zero-order valence-corrected chi connectivity index (χ0v) is 18.4. The third kappa shape index (κ3) is 4.43. The summed E-state index contributed by atoms with van der Waals surface area (Å²) in [6, 6.07) is 22.3. The predicted octanol–water partition coefficient (Wildman–Crippen LogP) is 5.85. The molecular formula is C23H20BrN3OS. The van der Waals surface area contributed by atoms with Gasteiger partial charge >= 0.3 is 0 Å². The molecule has 1 saturated heterocycles. The molecule has 1 amide bonds. The molecule has 146 valence electrons. The van der Waals surface area contributed by atoms with Crippen molar-refractivity contribution in [1.29, 1.82) is 0 Å². The Bertz CT molecular complexity index is 1090. The van der Waals surface area contributed by atoms with Gasteiger partial charge in [0.15, 0.2) is 5.17 Å². The summed E-state index contributed by atoms with van der Waals surface area (Å²) in [5.41, 5.74) is 2.07. The van der Waals surface area contributed by atoms with Gasteiger partial charge in [-0.15, -0.1) is 5.10 Å². The van der Waals surface area contributed by atoms with Crippen molar-refractivity contribution >= 4 is 55.8 Å². The van der Waals surface area contributed by atoms with E-state index in [1.807, 2.05) is 49.4 Å². The highest BCUT2D eigenvalue weighted by atomic mass is 79.9. The molecule has 3 aromatic rings. The Morgan fingerprint density at radius 3 is 2.62 bits per heavy atom. The molecule has 0 aliphatic carbocycles. The molecule has 3 aromatic carbocycles. The van der Waals surface area contributed by atoms with Gasteiger partial charge in [0.25, 0.3) is 0 Å². The number of carbonyl (C=O) groups excluding carboxylic acids is 1. The number of rotatable bonds is 5. The lowest BCUT2D eigenvalue weighted by molar-refractivity contribution is -0.126. The molecule has 1 aliphatic rings. The van der Waals surface area contributed by atoms with Gasteiger partial charge in [-0.25, -0.2) is 0 Å². The summed E-state index contributed by atoms with van der Waals surface area (Å²) in [6.07, 6.45) is 2.48. The molecule has 4 nitrogen and oxygen atoms in total. The molecule has 0 saturated carbocycles. The van der Waals surface area contributed by atoms with Crippen LogP contribution in [0.2, 0.25) is 0 Å². The van der Waals surface area contributed by atoms with Gasteiger partial charge < -0.3 is 0 Å². The van der Waals surface area contributed by atoms with Crippen LogP contribution in [0.4, 0.5) is 0 Å². The highest BCUT2D eigenvalue weighted by Crippen LogP contribution is 2.32. The number of fused-ring (bicyclic) bond motifs is 1. The summed E-state index contributed by atoms with van der Waals surface area (Å²) >= 11 is 4.92. The number of carbonyl (C=O) groups is 1. The summed E-state index contributed by atoms with van der Waals surface area (Å²) in [7, 11) is 0. The van der Waals surface area contributed by atoms with Crippen LogP contribution in [0.3, 0.4) is 0 Å². The molecule has 29 heavy (non-hydrogen) atoms. The molecular weight excluding hydrogens is 446 g/mol. The van der Waals surface area contributed by atoms with Crippen molar-refractivity contribution in [3.8, 4) is 0 Å². The second-order valence-corrected chi connectivity index (χ2v) is 8.84. The molecule has 1 fully saturated rings. The van der Waals surface area contributed by atoms with E-state index in [4.69, 9.17) is 0 Å².